The average molecular weight is 732 g/mol. The van der Waals surface area contributed by atoms with Crippen LogP contribution in [0.1, 0.15) is 58.4 Å². The van der Waals surface area contributed by atoms with Crippen LogP contribution in [-0.4, -0.2) is 118 Å². The number of nitrogens with one attached hydrogen (secondary N) is 5. The highest BCUT2D eigenvalue weighted by Crippen LogP contribution is 2.21. The molecule has 19 nitrogen and oxygen atoms in total. The maximum absolute atomic E-state index is 14.1. The van der Waals surface area contributed by atoms with Crippen molar-refractivity contribution >= 4 is 53.5 Å². The molecule has 11 N–H and O–H groups in total. The van der Waals surface area contributed by atoms with Gasteiger partial charge in [0.05, 0.1) is 19.1 Å². The van der Waals surface area contributed by atoms with Crippen LogP contribution in [0, 0.1) is 5.92 Å². The molecule has 1 heterocycles. The zero-order valence-electron chi connectivity index (χ0n) is 29.2. The molecule has 1 aliphatic heterocycles. The first-order chi connectivity index (χ1) is 24.5. The van der Waals surface area contributed by atoms with Gasteiger partial charge < -0.3 is 53.2 Å². The van der Waals surface area contributed by atoms with E-state index in [-0.39, 0.29) is 37.5 Å². The number of carbonyl (C=O) groups is 8. The Morgan fingerprint density at radius 1 is 0.846 bits per heavy atom. The molecule has 1 aliphatic rings. The van der Waals surface area contributed by atoms with Gasteiger partial charge in [0.15, 0.2) is 0 Å². The van der Waals surface area contributed by atoms with Gasteiger partial charge in [-0.15, -0.1) is 0 Å². The molecular formula is C33H47N8O11. The van der Waals surface area contributed by atoms with Gasteiger partial charge in [-0.3, -0.25) is 43.2 Å². The summed E-state index contributed by atoms with van der Waals surface area (Å²) in [6.07, 6.45) is 0.739. The number of carbonyl (C=O) groups excluding carboxylic acids is 9. The van der Waals surface area contributed by atoms with Crippen LogP contribution in [0.2, 0.25) is 0 Å². The topological polar surface area (TPSA) is 310 Å². The summed E-state index contributed by atoms with van der Waals surface area (Å²) in [6.45, 7) is 3.80. The van der Waals surface area contributed by atoms with Crippen LogP contribution in [0.5, 0.6) is 5.75 Å². The third kappa shape index (κ3) is 13.3. The molecular weight excluding hydrogens is 684 g/mol. The summed E-state index contributed by atoms with van der Waals surface area (Å²) >= 11 is 0. The number of aromatic hydroxyl groups is 1. The molecule has 52 heavy (non-hydrogen) atoms. The van der Waals surface area contributed by atoms with Crippen molar-refractivity contribution in [1.29, 1.82) is 0 Å². The molecule has 0 aliphatic carbocycles. The van der Waals surface area contributed by atoms with Gasteiger partial charge in [-0.05, 0) is 42.9 Å². The van der Waals surface area contributed by atoms with Crippen molar-refractivity contribution < 1.29 is 53.4 Å². The Balaban J connectivity index is 2.39. The molecule has 8 amide bonds. The lowest BCUT2D eigenvalue weighted by atomic mass is 10.0. The van der Waals surface area contributed by atoms with E-state index in [1.54, 1.807) is 20.1 Å². The highest BCUT2D eigenvalue weighted by atomic mass is 16.3. The lowest BCUT2D eigenvalue weighted by molar-refractivity contribution is -0.142. The van der Waals surface area contributed by atoms with E-state index in [4.69, 9.17) is 11.5 Å². The number of rotatable bonds is 20. The van der Waals surface area contributed by atoms with Gasteiger partial charge in [-0.2, -0.15) is 0 Å². The average Bonchev–Trinajstić information content (AvgIpc) is 3.57. The van der Waals surface area contributed by atoms with E-state index in [0.29, 0.717) is 12.0 Å². The van der Waals surface area contributed by atoms with E-state index in [9.17, 15) is 53.4 Å². The minimum atomic E-state index is -1.72. The summed E-state index contributed by atoms with van der Waals surface area (Å²) in [7, 11) is 0. The fourth-order valence-electron chi connectivity index (χ4n) is 5.37. The van der Waals surface area contributed by atoms with Crippen molar-refractivity contribution in [3.63, 3.8) is 0 Å². The standard InChI is InChI=1S/C33H47N8O11/c1-17(2)24(15-42)40-32(51)26-5-4-12-41(26)33(52)23(13-19-6-8-20(45)9-7-19)39-30(49)22(14-28(35)47)38-29(48)21(10-11-27(34)46)37-31(50)25(16-43)36-18(3)44/h6-9,17,21-26,43,45H,4-5,10-14,16H2,1-3H3,(H2,34,46)(H2,35,47)(H,36,44)(H,37,50)(H,38,48)(H,39,49)(H,40,51). The van der Waals surface area contributed by atoms with E-state index in [1.165, 1.54) is 29.2 Å². The number of phenolic OH excluding ortho intramolecular Hbond substituents is 1. The number of nitrogens with zero attached hydrogens (tertiary/aromatic N) is 1. The van der Waals surface area contributed by atoms with Crippen LogP contribution in [0.4, 0.5) is 0 Å². The van der Waals surface area contributed by atoms with Crippen LogP contribution in [0.15, 0.2) is 24.3 Å². The lowest BCUT2D eigenvalue weighted by Gasteiger charge is -2.31. The van der Waals surface area contributed by atoms with Gasteiger partial charge >= 0.3 is 0 Å². The number of primary amides is 2. The third-order valence-corrected chi connectivity index (χ3v) is 8.15. The molecule has 1 saturated heterocycles. The predicted molar refractivity (Wildman–Crippen MR) is 182 cm³/mol. The Kier molecular flexibility index (Phi) is 16.6. The summed E-state index contributed by atoms with van der Waals surface area (Å²) in [5.74, 6) is -7.29. The number of likely N-dealkylation sites (tertiary alicyclic amines) is 1. The molecule has 0 bridgehead atoms. The molecule has 0 saturated carbocycles. The maximum Gasteiger partial charge on any atom is 0.246 e. The second-order valence-corrected chi connectivity index (χ2v) is 12.7. The number of hydrogen-bond acceptors (Lipinski definition) is 11. The molecule has 1 radical (unpaired) electrons. The number of aliphatic hydroxyl groups is 1. The van der Waals surface area contributed by atoms with Crippen molar-refractivity contribution in [2.24, 2.45) is 17.4 Å². The zero-order valence-corrected chi connectivity index (χ0v) is 29.2. The SMILES string of the molecule is CC(=O)NC(CO)C(=O)NC(CCC(N)=O)C(=O)NC(CC(N)=O)C(=O)NC(Cc1ccc(O)cc1)C(=O)N1CCCC1C(=O)NC([C]=O)C(C)C. The largest absolute Gasteiger partial charge is 0.508 e. The number of nitrogens with two attached hydrogens (primary N) is 2. The van der Waals surface area contributed by atoms with Gasteiger partial charge in [0.1, 0.15) is 36.0 Å². The van der Waals surface area contributed by atoms with Crippen LogP contribution < -0.4 is 38.1 Å². The van der Waals surface area contributed by atoms with E-state index in [2.05, 4.69) is 26.6 Å². The molecule has 6 atom stereocenters. The van der Waals surface area contributed by atoms with Crippen molar-refractivity contribution in [3.8, 4) is 5.75 Å². The van der Waals surface area contributed by atoms with E-state index in [1.807, 2.05) is 0 Å². The molecule has 1 aromatic carbocycles. The Bertz CT molecular complexity index is 1490. The first-order valence-corrected chi connectivity index (χ1v) is 16.6. The Morgan fingerprint density at radius 2 is 1.42 bits per heavy atom. The fraction of sp³-hybridized carbons (Fsp3) is 0.545. The van der Waals surface area contributed by atoms with Gasteiger partial charge in [-0.1, -0.05) is 26.0 Å². The monoisotopic (exact) mass is 731 g/mol. The Labute approximate surface area is 300 Å². The van der Waals surface area contributed by atoms with Crippen LogP contribution in [0.25, 0.3) is 0 Å². The van der Waals surface area contributed by atoms with Gasteiger partial charge in [0, 0.05) is 26.3 Å². The molecule has 1 fully saturated rings. The minimum absolute atomic E-state index is 0.0665. The van der Waals surface area contributed by atoms with E-state index in [0.717, 1.165) is 6.92 Å². The first-order valence-electron chi connectivity index (χ1n) is 16.6. The predicted octanol–water partition coefficient (Wildman–Crippen LogP) is -3.73. The summed E-state index contributed by atoms with van der Waals surface area (Å²) in [4.78, 5) is 115. The molecule has 19 heteroatoms. The molecule has 0 aromatic heterocycles. The third-order valence-electron chi connectivity index (χ3n) is 8.15. The fourth-order valence-corrected chi connectivity index (χ4v) is 5.37. The van der Waals surface area contributed by atoms with Crippen molar-refractivity contribution in [2.75, 3.05) is 13.2 Å². The number of amides is 8. The van der Waals surface area contributed by atoms with Gasteiger partial charge in [0.25, 0.3) is 0 Å². The van der Waals surface area contributed by atoms with Crippen LogP contribution in [0.3, 0.4) is 0 Å². The van der Waals surface area contributed by atoms with E-state index >= 15 is 0 Å². The molecule has 1 aromatic rings. The number of phenols is 1. The van der Waals surface area contributed by atoms with Gasteiger partial charge in [0.2, 0.25) is 53.5 Å². The Morgan fingerprint density at radius 3 is 1.96 bits per heavy atom. The second kappa shape index (κ2) is 20.3. The number of aliphatic hydroxyl groups excluding tert-OH is 1. The minimum Gasteiger partial charge on any atom is -0.508 e. The molecule has 285 valence electrons. The lowest BCUT2D eigenvalue weighted by Crippen LogP contribution is -2.60. The first kappa shape index (κ1) is 42.6. The van der Waals surface area contributed by atoms with Crippen molar-refractivity contribution in [2.45, 2.75) is 95.5 Å². The Hall–Kier alpha value is -5.59. The van der Waals surface area contributed by atoms with Crippen molar-refractivity contribution in [3.05, 3.63) is 29.8 Å². The highest BCUT2D eigenvalue weighted by molar-refractivity contribution is 5.98. The van der Waals surface area contributed by atoms with E-state index < -0.39 is 103 Å². The normalized spacial score (nSPS) is 16.7. The molecule has 2 rings (SSSR count). The molecule has 0 spiro atoms. The molecule has 6 unspecified atom stereocenters. The van der Waals surface area contributed by atoms with Gasteiger partial charge in [-0.25, -0.2) is 0 Å². The number of benzene rings is 1. The quantitative estimate of drug-likeness (QED) is 0.0628. The smallest absolute Gasteiger partial charge is 0.246 e. The zero-order chi connectivity index (χ0) is 39.1. The van der Waals surface area contributed by atoms with Crippen molar-refractivity contribution in [1.82, 2.24) is 31.5 Å². The summed E-state index contributed by atoms with van der Waals surface area (Å²) in [5.41, 5.74) is 11.1. The van der Waals surface area contributed by atoms with Crippen LogP contribution in [-0.2, 0) is 49.6 Å². The summed E-state index contributed by atoms with van der Waals surface area (Å²) in [6, 6.07) is -2.33. The second-order valence-electron chi connectivity index (χ2n) is 12.7. The summed E-state index contributed by atoms with van der Waals surface area (Å²) in [5, 5.41) is 31.2. The van der Waals surface area contributed by atoms with Crippen LogP contribution >= 0.6 is 0 Å². The number of hydrogen-bond donors (Lipinski definition) is 9. The maximum atomic E-state index is 14.1. The summed E-state index contributed by atoms with van der Waals surface area (Å²) < 4.78 is 0. The highest BCUT2D eigenvalue weighted by Gasteiger charge is 2.40.